The van der Waals surface area contributed by atoms with Crippen LogP contribution in [0.1, 0.15) is 49.8 Å². The van der Waals surface area contributed by atoms with E-state index in [-0.39, 0.29) is 6.10 Å². The molecule has 1 aromatic carbocycles. The minimum absolute atomic E-state index is 0.0742. The summed E-state index contributed by atoms with van der Waals surface area (Å²) in [5, 5.41) is 0. The molecule has 3 heteroatoms. The Kier molecular flexibility index (Phi) is 6.64. The monoisotopic (exact) mass is 288 g/mol. The Morgan fingerprint density at radius 3 is 2.86 bits per heavy atom. The van der Waals surface area contributed by atoms with Gasteiger partial charge in [-0.2, -0.15) is 0 Å². The third-order valence-corrected chi connectivity index (χ3v) is 3.61. The van der Waals surface area contributed by atoms with Crippen LogP contribution >= 0.6 is 0 Å². The van der Waals surface area contributed by atoms with Crippen molar-refractivity contribution in [3.63, 3.8) is 0 Å². The van der Waals surface area contributed by atoms with Crippen molar-refractivity contribution < 1.29 is 14.3 Å². The highest BCUT2D eigenvalue weighted by Crippen LogP contribution is 2.24. The zero-order chi connectivity index (χ0) is 14.9. The topological polar surface area (TPSA) is 38.8 Å². The molecule has 0 spiro atoms. The van der Waals surface area contributed by atoms with Crippen molar-refractivity contribution in [1.82, 2.24) is 0 Å². The van der Waals surface area contributed by atoms with Gasteiger partial charge in [0, 0.05) is 6.42 Å². The Hall–Kier alpha value is -1.45. The Bertz CT molecular complexity index is 463. The number of hydrogen-bond acceptors (Lipinski definition) is 3. The number of allylic oxidation sites excluding steroid dienone is 1. The van der Waals surface area contributed by atoms with Crippen molar-refractivity contribution >= 4 is 12.4 Å². The fourth-order valence-electron chi connectivity index (χ4n) is 2.24. The van der Waals surface area contributed by atoms with E-state index in [1.54, 1.807) is 0 Å². The van der Waals surface area contributed by atoms with Crippen LogP contribution < -0.4 is 0 Å². The highest BCUT2D eigenvalue weighted by atomic mass is 16.6. The van der Waals surface area contributed by atoms with Gasteiger partial charge in [-0.3, -0.25) is 0 Å². The van der Waals surface area contributed by atoms with Crippen LogP contribution in [0.3, 0.4) is 0 Å². The third kappa shape index (κ3) is 5.82. The van der Waals surface area contributed by atoms with Crippen LogP contribution in [0.4, 0.5) is 0 Å². The molecule has 0 amide bonds. The molecule has 1 aliphatic rings. The summed E-state index contributed by atoms with van der Waals surface area (Å²) in [4.78, 5) is 10.3. The Morgan fingerprint density at radius 2 is 2.10 bits per heavy atom. The van der Waals surface area contributed by atoms with Crippen LogP contribution in [0.15, 0.2) is 30.3 Å². The standard InChI is InChI=1S/C18H24O3/c1-15(20-13-17-14-21-17)18-11-7-6-10-16(18)9-5-3-2-4-8-12-19/h5-7,9-12,15,17H,2-4,8,13-14H2,1H3/b9-5+/t15?,17-/m0/s1. The van der Waals surface area contributed by atoms with Gasteiger partial charge in [-0.05, 0) is 37.3 Å². The van der Waals surface area contributed by atoms with Crippen LogP contribution in [-0.4, -0.2) is 25.6 Å². The Labute approximate surface area is 127 Å². The average molecular weight is 288 g/mol. The number of unbranched alkanes of at least 4 members (excludes halogenated alkanes) is 3. The first-order valence-electron chi connectivity index (χ1n) is 7.73. The predicted molar refractivity (Wildman–Crippen MR) is 84.1 cm³/mol. The summed E-state index contributed by atoms with van der Waals surface area (Å²) >= 11 is 0. The van der Waals surface area contributed by atoms with E-state index in [9.17, 15) is 4.79 Å². The molecule has 2 atom stereocenters. The molecule has 0 radical (unpaired) electrons. The maximum absolute atomic E-state index is 10.3. The summed E-state index contributed by atoms with van der Waals surface area (Å²) in [6.07, 6.45) is 9.40. The molecule has 0 saturated carbocycles. The molecule has 3 nitrogen and oxygen atoms in total. The fourth-order valence-corrected chi connectivity index (χ4v) is 2.24. The lowest BCUT2D eigenvalue weighted by Crippen LogP contribution is -2.07. The molecule has 1 aromatic rings. The minimum atomic E-state index is 0.0742. The van der Waals surface area contributed by atoms with Crippen molar-refractivity contribution in [2.24, 2.45) is 0 Å². The largest absolute Gasteiger partial charge is 0.371 e. The molecule has 2 rings (SSSR count). The maximum Gasteiger partial charge on any atom is 0.119 e. The molecule has 0 N–H and O–H groups in total. The van der Waals surface area contributed by atoms with E-state index in [1.165, 1.54) is 11.1 Å². The summed E-state index contributed by atoms with van der Waals surface area (Å²) in [5.41, 5.74) is 2.42. The average Bonchev–Trinajstić information content (AvgIpc) is 3.33. The number of benzene rings is 1. The van der Waals surface area contributed by atoms with Gasteiger partial charge in [0.2, 0.25) is 0 Å². The zero-order valence-corrected chi connectivity index (χ0v) is 12.7. The van der Waals surface area contributed by atoms with Crippen molar-refractivity contribution in [1.29, 1.82) is 0 Å². The SMILES string of the molecule is CC(OC[C@H]1CO1)c1ccccc1/C=C/CCCCC=O. The van der Waals surface area contributed by atoms with Crippen molar-refractivity contribution in [2.45, 2.75) is 44.8 Å². The second kappa shape index (κ2) is 8.75. The number of carbonyl (C=O) groups excluding carboxylic acids is 1. The first kappa shape index (κ1) is 15.9. The number of carbonyl (C=O) groups is 1. The minimum Gasteiger partial charge on any atom is -0.371 e. The number of hydrogen-bond donors (Lipinski definition) is 0. The van der Waals surface area contributed by atoms with Gasteiger partial charge in [-0.25, -0.2) is 0 Å². The fraction of sp³-hybridized carbons (Fsp3) is 0.500. The molecule has 21 heavy (non-hydrogen) atoms. The third-order valence-electron chi connectivity index (χ3n) is 3.61. The maximum atomic E-state index is 10.3. The van der Waals surface area contributed by atoms with Crippen molar-refractivity contribution in [3.8, 4) is 0 Å². The summed E-state index contributed by atoms with van der Waals surface area (Å²) in [5.74, 6) is 0. The van der Waals surface area contributed by atoms with Gasteiger partial charge < -0.3 is 14.3 Å². The molecule has 114 valence electrons. The lowest BCUT2D eigenvalue weighted by atomic mass is 10.0. The van der Waals surface area contributed by atoms with E-state index in [2.05, 4.69) is 31.2 Å². The first-order chi connectivity index (χ1) is 10.3. The van der Waals surface area contributed by atoms with Gasteiger partial charge in [0.25, 0.3) is 0 Å². The van der Waals surface area contributed by atoms with Crippen LogP contribution in [0, 0.1) is 0 Å². The van der Waals surface area contributed by atoms with Gasteiger partial charge in [0.15, 0.2) is 0 Å². The lowest BCUT2D eigenvalue weighted by molar-refractivity contribution is -0.107. The number of aldehydes is 1. The molecule has 0 aromatic heterocycles. The first-order valence-corrected chi connectivity index (χ1v) is 7.73. The molecule has 1 unspecified atom stereocenters. The summed E-state index contributed by atoms with van der Waals surface area (Å²) in [6, 6.07) is 8.33. The molecule has 1 fully saturated rings. The quantitative estimate of drug-likeness (QED) is 0.372. The Balaban J connectivity index is 1.85. The summed E-state index contributed by atoms with van der Waals surface area (Å²) < 4.78 is 11.0. The van der Waals surface area contributed by atoms with Gasteiger partial charge >= 0.3 is 0 Å². The van der Waals surface area contributed by atoms with E-state index in [0.717, 1.165) is 32.2 Å². The second-order valence-corrected chi connectivity index (χ2v) is 5.41. The second-order valence-electron chi connectivity index (χ2n) is 5.41. The zero-order valence-electron chi connectivity index (χ0n) is 12.7. The van der Waals surface area contributed by atoms with E-state index in [4.69, 9.17) is 9.47 Å². The van der Waals surface area contributed by atoms with Gasteiger partial charge in [0.1, 0.15) is 12.4 Å². The van der Waals surface area contributed by atoms with Crippen molar-refractivity contribution in [3.05, 3.63) is 41.5 Å². The Morgan fingerprint density at radius 1 is 1.33 bits per heavy atom. The van der Waals surface area contributed by atoms with E-state index in [0.29, 0.717) is 19.1 Å². The predicted octanol–water partition coefficient (Wildman–Crippen LogP) is 3.94. The van der Waals surface area contributed by atoms with Crippen LogP contribution in [0.2, 0.25) is 0 Å². The molecule has 1 aliphatic heterocycles. The molecule has 0 aliphatic carbocycles. The molecular formula is C18H24O3. The molecule has 0 bridgehead atoms. The van der Waals surface area contributed by atoms with Gasteiger partial charge in [-0.15, -0.1) is 0 Å². The normalized spacial score (nSPS) is 18.8. The molecule has 1 heterocycles. The van der Waals surface area contributed by atoms with E-state index < -0.39 is 0 Å². The number of ether oxygens (including phenoxy) is 2. The lowest BCUT2D eigenvalue weighted by Gasteiger charge is -2.15. The summed E-state index contributed by atoms with van der Waals surface area (Å²) in [7, 11) is 0. The van der Waals surface area contributed by atoms with Gasteiger partial charge in [-0.1, -0.05) is 36.4 Å². The molecule has 1 saturated heterocycles. The van der Waals surface area contributed by atoms with E-state index in [1.807, 2.05) is 12.1 Å². The van der Waals surface area contributed by atoms with Crippen molar-refractivity contribution in [2.75, 3.05) is 13.2 Å². The summed E-state index contributed by atoms with van der Waals surface area (Å²) in [6.45, 7) is 3.58. The highest BCUT2D eigenvalue weighted by molar-refractivity contribution is 5.54. The van der Waals surface area contributed by atoms with Crippen LogP contribution in [0.25, 0.3) is 6.08 Å². The molecular weight excluding hydrogens is 264 g/mol. The smallest absolute Gasteiger partial charge is 0.119 e. The number of rotatable bonds is 10. The van der Waals surface area contributed by atoms with E-state index >= 15 is 0 Å². The van der Waals surface area contributed by atoms with Gasteiger partial charge in [0.05, 0.1) is 19.3 Å². The number of epoxide rings is 1. The highest BCUT2D eigenvalue weighted by Gasteiger charge is 2.23. The van der Waals surface area contributed by atoms with Crippen LogP contribution in [-0.2, 0) is 14.3 Å². The van der Waals surface area contributed by atoms with Crippen LogP contribution in [0.5, 0.6) is 0 Å².